The third-order valence-electron chi connectivity index (χ3n) is 9.23. The summed E-state index contributed by atoms with van der Waals surface area (Å²) in [4.78, 5) is 26.7. The van der Waals surface area contributed by atoms with Crippen LogP contribution in [0.5, 0.6) is 5.75 Å². The molecule has 0 saturated heterocycles. The third-order valence-corrected chi connectivity index (χ3v) is 10.2. The number of amides is 1. The summed E-state index contributed by atoms with van der Waals surface area (Å²) in [5.74, 6) is -1.57. The van der Waals surface area contributed by atoms with Gasteiger partial charge < -0.3 is 19.3 Å². The zero-order valence-electron chi connectivity index (χ0n) is 27.0. The van der Waals surface area contributed by atoms with Crippen molar-refractivity contribution in [1.82, 2.24) is 19.8 Å². The monoisotopic (exact) mass is 666 g/mol. The molecule has 0 fully saturated rings. The number of fused-ring (bicyclic) bond motifs is 3. The summed E-state index contributed by atoms with van der Waals surface area (Å²) < 4.78 is 42.7. The van der Waals surface area contributed by atoms with Gasteiger partial charge in [-0.3, -0.25) is 9.78 Å². The molecule has 0 N–H and O–H groups in total. The number of likely N-dealkylation sites (N-methyl/N-ethyl adjacent to an activating group) is 1. The first kappa shape index (κ1) is 32.1. The minimum atomic E-state index is -0.754. The fourth-order valence-electron chi connectivity index (χ4n) is 6.68. The number of ether oxygens (including phenoxy) is 2. The van der Waals surface area contributed by atoms with Crippen LogP contribution in [0.25, 0.3) is 43.7 Å². The van der Waals surface area contributed by atoms with Gasteiger partial charge in [-0.25, -0.2) is 13.8 Å². The normalized spacial score (nSPS) is 14.8. The number of hydrogen-bond donors (Lipinski definition) is 0. The Morgan fingerprint density at radius 2 is 1.77 bits per heavy atom. The second-order valence-corrected chi connectivity index (χ2v) is 13.2. The van der Waals surface area contributed by atoms with Crippen LogP contribution in [0.1, 0.15) is 22.4 Å². The van der Waals surface area contributed by atoms with E-state index in [1.807, 2.05) is 17.5 Å². The van der Waals surface area contributed by atoms with Gasteiger partial charge in [-0.2, -0.15) is 0 Å². The summed E-state index contributed by atoms with van der Waals surface area (Å²) in [5.41, 5.74) is 7.96. The van der Waals surface area contributed by atoms with Gasteiger partial charge in [0.2, 0.25) is 5.91 Å². The first-order valence-corrected chi connectivity index (χ1v) is 16.9. The molecule has 10 heteroatoms. The minimum Gasteiger partial charge on any atom is -0.490 e. The van der Waals surface area contributed by atoms with Crippen molar-refractivity contribution in [3.8, 4) is 39.4 Å². The van der Waals surface area contributed by atoms with E-state index in [-0.39, 0.29) is 30.4 Å². The lowest BCUT2D eigenvalue weighted by Crippen LogP contribution is -2.35. The Morgan fingerprint density at radius 3 is 2.58 bits per heavy atom. The number of carbonyl (C=O) groups is 1. The van der Waals surface area contributed by atoms with Crippen LogP contribution in [-0.2, 0) is 35.3 Å². The average Bonchev–Trinajstić information content (AvgIpc) is 3.51. The number of hydrogen-bond acceptors (Lipinski definition) is 7. The Morgan fingerprint density at radius 1 is 0.958 bits per heavy atom. The predicted octanol–water partition coefficient (Wildman–Crippen LogP) is 7.10. The molecule has 0 radical (unpaired) electrons. The number of methoxy groups -OCH3 is 1. The summed E-state index contributed by atoms with van der Waals surface area (Å²) in [6, 6.07) is 12.6. The molecule has 5 aromatic rings. The van der Waals surface area contributed by atoms with Gasteiger partial charge >= 0.3 is 0 Å². The lowest BCUT2D eigenvalue weighted by molar-refractivity contribution is -0.126. The molecule has 0 aliphatic carbocycles. The van der Waals surface area contributed by atoms with Gasteiger partial charge in [0.05, 0.1) is 23.6 Å². The highest BCUT2D eigenvalue weighted by atomic mass is 32.1. The van der Waals surface area contributed by atoms with Crippen LogP contribution in [-0.4, -0.2) is 72.7 Å². The maximum Gasteiger partial charge on any atom is 0.246 e. The second-order valence-electron chi connectivity index (χ2n) is 12.3. The van der Waals surface area contributed by atoms with E-state index < -0.39 is 11.6 Å². The molecule has 1 amide bonds. The van der Waals surface area contributed by atoms with Crippen LogP contribution in [0.3, 0.4) is 0 Å². The van der Waals surface area contributed by atoms with E-state index >= 15 is 4.39 Å². The first-order valence-electron chi connectivity index (χ1n) is 16.1. The average molecular weight is 667 g/mol. The Bertz CT molecular complexity index is 2040. The highest BCUT2D eigenvalue weighted by molar-refractivity contribution is 7.18. The largest absolute Gasteiger partial charge is 0.490 e. The van der Waals surface area contributed by atoms with E-state index in [1.165, 1.54) is 34.6 Å². The van der Waals surface area contributed by atoms with Crippen LogP contribution in [0.4, 0.5) is 8.78 Å². The van der Waals surface area contributed by atoms with Gasteiger partial charge in [0, 0.05) is 90.5 Å². The summed E-state index contributed by atoms with van der Waals surface area (Å²) in [6.07, 6.45) is 5.62. The van der Waals surface area contributed by atoms with E-state index in [9.17, 15) is 9.18 Å². The Hall–Kier alpha value is -4.51. The minimum absolute atomic E-state index is 0.0675. The number of nitrogens with zero attached hydrogens (tertiary/aromatic N) is 4. The van der Waals surface area contributed by atoms with Crippen molar-refractivity contribution < 1.29 is 23.0 Å². The predicted molar refractivity (Wildman–Crippen MR) is 185 cm³/mol. The van der Waals surface area contributed by atoms with Gasteiger partial charge in [-0.1, -0.05) is 18.7 Å². The quantitative estimate of drug-likeness (QED) is 0.130. The molecular formula is C38H36F2N4O3S. The van der Waals surface area contributed by atoms with Crippen LogP contribution >= 0.6 is 11.3 Å². The lowest BCUT2D eigenvalue weighted by Gasteiger charge is -2.27. The van der Waals surface area contributed by atoms with Crippen molar-refractivity contribution in [2.24, 2.45) is 0 Å². The lowest BCUT2D eigenvalue weighted by atomic mass is 9.93. The van der Waals surface area contributed by atoms with Crippen LogP contribution in [0.2, 0.25) is 0 Å². The molecule has 0 unspecified atom stereocenters. The number of aromatic nitrogens is 2. The maximum atomic E-state index is 16.1. The van der Waals surface area contributed by atoms with Crippen molar-refractivity contribution >= 4 is 27.3 Å². The molecule has 2 aromatic carbocycles. The Balaban J connectivity index is 1.47. The van der Waals surface area contributed by atoms with Crippen LogP contribution in [0, 0.1) is 11.6 Å². The highest BCUT2D eigenvalue weighted by Crippen LogP contribution is 2.47. The fraction of sp³-hybridized carbons (Fsp3) is 0.289. The van der Waals surface area contributed by atoms with E-state index in [2.05, 4.69) is 36.7 Å². The van der Waals surface area contributed by atoms with E-state index in [0.717, 1.165) is 64.6 Å². The Labute approximate surface area is 282 Å². The number of halogens is 2. The molecule has 48 heavy (non-hydrogen) atoms. The molecule has 3 aromatic heterocycles. The topological polar surface area (TPSA) is 67.8 Å². The number of rotatable bonds is 8. The molecule has 0 saturated carbocycles. The number of pyridine rings is 2. The van der Waals surface area contributed by atoms with E-state index in [4.69, 9.17) is 19.4 Å². The number of thiophene rings is 1. The van der Waals surface area contributed by atoms with Crippen molar-refractivity contribution in [2.45, 2.75) is 25.8 Å². The van der Waals surface area contributed by atoms with Crippen molar-refractivity contribution in [1.29, 1.82) is 0 Å². The molecule has 7 nitrogen and oxygen atoms in total. The van der Waals surface area contributed by atoms with Gasteiger partial charge in [-0.05, 0) is 66.2 Å². The molecule has 246 valence electrons. The van der Waals surface area contributed by atoms with Crippen LogP contribution < -0.4 is 4.74 Å². The molecule has 0 atom stereocenters. The van der Waals surface area contributed by atoms with Crippen molar-refractivity contribution in [3.63, 3.8) is 0 Å². The van der Waals surface area contributed by atoms with Crippen molar-refractivity contribution in [3.05, 3.63) is 101 Å². The van der Waals surface area contributed by atoms with Gasteiger partial charge in [0.25, 0.3) is 0 Å². The molecule has 7 rings (SSSR count). The highest BCUT2D eigenvalue weighted by Gasteiger charge is 2.27. The summed E-state index contributed by atoms with van der Waals surface area (Å²) in [5, 5.41) is 2.84. The van der Waals surface area contributed by atoms with E-state index in [0.29, 0.717) is 36.3 Å². The number of benzene rings is 2. The summed E-state index contributed by atoms with van der Waals surface area (Å²) >= 11 is 1.47. The zero-order valence-corrected chi connectivity index (χ0v) is 27.8. The Kier molecular flexibility index (Phi) is 9.04. The molecule has 5 heterocycles. The van der Waals surface area contributed by atoms with Gasteiger partial charge in [0.15, 0.2) is 0 Å². The molecule has 0 bridgehead atoms. The van der Waals surface area contributed by atoms with Gasteiger partial charge in [0.1, 0.15) is 24.0 Å². The smallest absolute Gasteiger partial charge is 0.246 e. The molecule has 0 spiro atoms. The fourth-order valence-corrected chi connectivity index (χ4v) is 7.63. The number of carbonyl (C=O) groups excluding carboxylic acids is 1. The first-order chi connectivity index (χ1) is 23.3. The molecular weight excluding hydrogens is 631 g/mol. The van der Waals surface area contributed by atoms with Crippen LogP contribution in [0.15, 0.2) is 66.7 Å². The summed E-state index contributed by atoms with van der Waals surface area (Å²) in [7, 11) is 3.69. The maximum absolute atomic E-state index is 16.1. The third kappa shape index (κ3) is 6.11. The SMILES string of the molecule is C=CC(=O)N1CCc2ncc(-c3nc(-c4ccc5c(c4)CCN(C)CC5)c4ccsc4c3-c3c(F)cc(F)cc3OCCOC)cc2C1. The molecule has 2 aliphatic heterocycles. The van der Waals surface area contributed by atoms with Crippen molar-refractivity contribution in [2.75, 3.05) is 47.0 Å². The molecule has 2 aliphatic rings. The second kappa shape index (κ2) is 13.5. The standard InChI is InChI=1S/C38H36F2N4O3S/c1-4-33(45)44-13-9-31-27(22-44)18-26(21-41-31)37-35(34-30(40)19-28(39)20-32(34)47-15-14-46-3)38-29(10-16-48-38)36(42-37)25-6-5-23-7-11-43(2)12-8-24(23)17-25/h4-6,10,16-21H,1,7-9,11-15,22H2,2-3H3. The van der Waals surface area contributed by atoms with Gasteiger partial charge in [-0.15, -0.1) is 11.3 Å². The summed E-state index contributed by atoms with van der Waals surface area (Å²) in [6.45, 7) is 6.92. The van der Waals surface area contributed by atoms with E-state index in [1.54, 1.807) is 18.2 Å². The zero-order chi connectivity index (χ0) is 33.4.